The van der Waals surface area contributed by atoms with E-state index in [1.165, 1.54) is 0 Å². The maximum absolute atomic E-state index is 9.03. The van der Waals surface area contributed by atoms with Crippen molar-refractivity contribution in [2.75, 3.05) is 5.32 Å². The van der Waals surface area contributed by atoms with Gasteiger partial charge in [0.15, 0.2) is 0 Å². The van der Waals surface area contributed by atoms with Crippen LogP contribution in [0, 0.1) is 11.3 Å². The van der Waals surface area contributed by atoms with Crippen molar-refractivity contribution in [2.45, 2.75) is 39.2 Å². The van der Waals surface area contributed by atoms with Crippen molar-refractivity contribution >= 4 is 21.6 Å². The molecule has 0 bridgehead atoms. The first-order valence-electron chi connectivity index (χ1n) is 5.46. The van der Waals surface area contributed by atoms with E-state index in [0.29, 0.717) is 5.56 Å². The molecule has 0 radical (unpaired) electrons. The van der Waals surface area contributed by atoms with Gasteiger partial charge in [0.25, 0.3) is 0 Å². The van der Waals surface area contributed by atoms with Crippen LogP contribution in [0.5, 0.6) is 0 Å². The maximum Gasteiger partial charge on any atom is 0.101 e. The smallest absolute Gasteiger partial charge is 0.101 e. The monoisotopic (exact) mass is 280 g/mol. The van der Waals surface area contributed by atoms with Crippen LogP contribution < -0.4 is 5.32 Å². The molecule has 1 rings (SSSR count). The summed E-state index contributed by atoms with van der Waals surface area (Å²) in [6, 6.07) is 7.87. The zero-order valence-electron chi connectivity index (χ0n) is 9.97. The number of nitrogens with one attached hydrogen (secondary N) is 1. The molecule has 0 spiro atoms. The van der Waals surface area contributed by atoms with Crippen molar-refractivity contribution in [1.82, 2.24) is 0 Å². The number of halogens is 1. The van der Waals surface area contributed by atoms with Gasteiger partial charge in [-0.3, -0.25) is 0 Å². The van der Waals surface area contributed by atoms with Gasteiger partial charge in [-0.1, -0.05) is 29.3 Å². The zero-order chi connectivity index (χ0) is 12.2. The second-order valence-corrected chi connectivity index (χ2v) is 5.48. The standard InChI is InChI=1S/C13H17BrN2/c1-4-7-13(2,3)16-12-8-11(14)6-5-10(12)9-15/h5-6,8,16H,4,7H2,1-3H3. The quantitative estimate of drug-likeness (QED) is 0.892. The van der Waals surface area contributed by atoms with Crippen LogP contribution in [0.1, 0.15) is 39.2 Å². The third-order valence-corrected chi connectivity index (χ3v) is 2.94. The zero-order valence-corrected chi connectivity index (χ0v) is 11.6. The SMILES string of the molecule is CCCC(C)(C)Nc1cc(Br)ccc1C#N. The lowest BCUT2D eigenvalue weighted by Gasteiger charge is -2.27. The van der Waals surface area contributed by atoms with Crippen molar-refractivity contribution in [3.05, 3.63) is 28.2 Å². The summed E-state index contributed by atoms with van der Waals surface area (Å²) in [5.41, 5.74) is 1.60. The molecule has 86 valence electrons. The van der Waals surface area contributed by atoms with Crippen molar-refractivity contribution in [1.29, 1.82) is 5.26 Å². The van der Waals surface area contributed by atoms with E-state index >= 15 is 0 Å². The molecule has 0 unspecified atom stereocenters. The first-order chi connectivity index (χ1) is 7.48. The van der Waals surface area contributed by atoms with Gasteiger partial charge in [-0.15, -0.1) is 0 Å². The predicted octanol–water partition coefficient (Wildman–Crippen LogP) is 4.31. The lowest BCUT2D eigenvalue weighted by atomic mass is 9.98. The Morgan fingerprint density at radius 2 is 2.12 bits per heavy atom. The summed E-state index contributed by atoms with van der Waals surface area (Å²) >= 11 is 3.42. The summed E-state index contributed by atoms with van der Waals surface area (Å²) in [4.78, 5) is 0. The molecule has 0 saturated carbocycles. The van der Waals surface area contributed by atoms with Gasteiger partial charge in [0.05, 0.1) is 11.3 Å². The van der Waals surface area contributed by atoms with Crippen molar-refractivity contribution in [3.8, 4) is 6.07 Å². The normalized spacial score (nSPS) is 10.9. The van der Waals surface area contributed by atoms with E-state index in [1.54, 1.807) is 0 Å². The molecule has 0 atom stereocenters. The Kier molecular flexibility index (Phi) is 4.37. The molecule has 0 aromatic heterocycles. The first-order valence-corrected chi connectivity index (χ1v) is 6.25. The number of benzene rings is 1. The van der Waals surface area contributed by atoms with Crippen LogP contribution in [0.15, 0.2) is 22.7 Å². The van der Waals surface area contributed by atoms with E-state index in [9.17, 15) is 0 Å². The molecule has 1 N–H and O–H groups in total. The molecule has 0 aliphatic carbocycles. The number of nitriles is 1. The Hall–Kier alpha value is -1.01. The first kappa shape index (κ1) is 13.1. The van der Waals surface area contributed by atoms with Gasteiger partial charge in [-0.25, -0.2) is 0 Å². The molecule has 0 aliphatic heterocycles. The molecule has 1 aromatic carbocycles. The fourth-order valence-electron chi connectivity index (χ4n) is 1.77. The number of hydrogen-bond acceptors (Lipinski definition) is 2. The fraction of sp³-hybridized carbons (Fsp3) is 0.462. The molecule has 16 heavy (non-hydrogen) atoms. The molecular formula is C13H17BrN2. The summed E-state index contributed by atoms with van der Waals surface area (Å²) in [5, 5.41) is 12.5. The molecule has 0 amide bonds. The van der Waals surface area contributed by atoms with Gasteiger partial charge >= 0.3 is 0 Å². The molecule has 1 aromatic rings. The van der Waals surface area contributed by atoms with E-state index in [4.69, 9.17) is 5.26 Å². The Balaban J connectivity index is 2.96. The molecule has 0 heterocycles. The minimum Gasteiger partial charge on any atom is -0.379 e. The second-order valence-electron chi connectivity index (χ2n) is 4.56. The number of anilines is 1. The summed E-state index contributed by atoms with van der Waals surface area (Å²) < 4.78 is 0.987. The highest BCUT2D eigenvalue weighted by Gasteiger charge is 2.17. The van der Waals surface area contributed by atoms with Gasteiger partial charge in [-0.05, 0) is 38.5 Å². The highest BCUT2D eigenvalue weighted by atomic mass is 79.9. The van der Waals surface area contributed by atoms with Crippen LogP contribution in [0.4, 0.5) is 5.69 Å². The van der Waals surface area contributed by atoms with Gasteiger partial charge in [0.2, 0.25) is 0 Å². The highest BCUT2D eigenvalue weighted by molar-refractivity contribution is 9.10. The maximum atomic E-state index is 9.03. The number of rotatable bonds is 4. The van der Waals surface area contributed by atoms with Gasteiger partial charge < -0.3 is 5.32 Å². The average molecular weight is 281 g/mol. The Labute approximate surface area is 106 Å². The third kappa shape index (κ3) is 3.53. The van der Waals surface area contributed by atoms with Crippen molar-refractivity contribution in [2.24, 2.45) is 0 Å². The fourth-order valence-corrected chi connectivity index (χ4v) is 2.13. The third-order valence-electron chi connectivity index (χ3n) is 2.45. The molecule has 0 saturated heterocycles. The molecule has 2 nitrogen and oxygen atoms in total. The van der Waals surface area contributed by atoms with E-state index in [0.717, 1.165) is 23.0 Å². The Morgan fingerprint density at radius 1 is 1.44 bits per heavy atom. The van der Waals surface area contributed by atoms with E-state index in [1.807, 2.05) is 18.2 Å². The van der Waals surface area contributed by atoms with Crippen LogP contribution in [-0.4, -0.2) is 5.54 Å². The summed E-state index contributed by atoms with van der Waals surface area (Å²) in [6.45, 7) is 6.46. The Morgan fingerprint density at radius 3 is 2.69 bits per heavy atom. The van der Waals surface area contributed by atoms with Crippen LogP contribution in [0.25, 0.3) is 0 Å². The van der Waals surface area contributed by atoms with Gasteiger partial charge in [0.1, 0.15) is 6.07 Å². The summed E-state index contributed by atoms with van der Waals surface area (Å²) in [7, 11) is 0. The minimum atomic E-state index is 0.0150. The van der Waals surface area contributed by atoms with Crippen LogP contribution in [0.2, 0.25) is 0 Å². The van der Waals surface area contributed by atoms with E-state index < -0.39 is 0 Å². The topological polar surface area (TPSA) is 35.8 Å². The minimum absolute atomic E-state index is 0.0150. The van der Waals surface area contributed by atoms with Crippen molar-refractivity contribution < 1.29 is 0 Å². The van der Waals surface area contributed by atoms with Crippen LogP contribution >= 0.6 is 15.9 Å². The largest absolute Gasteiger partial charge is 0.379 e. The van der Waals surface area contributed by atoms with E-state index in [-0.39, 0.29) is 5.54 Å². The molecule has 0 aliphatic rings. The molecular weight excluding hydrogens is 264 g/mol. The predicted molar refractivity (Wildman–Crippen MR) is 71.5 cm³/mol. The summed E-state index contributed by atoms with van der Waals surface area (Å²) in [6.07, 6.45) is 2.19. The molecule has 0 fully saturated rings. The number of hydrogen-bond donors (Lipinski definition) is 1. The highest BCUT2D eigenvalue weighted by Crippen LogP contribution is 2.25. The second kappa shape index (κ2) is 5.36. The number of nitrogens with zero attached hydrogens (tertiary/aromatic N) is 1. The van der Waals surface area contributed by atoms with Gasteiger partial charge in [-0.2, -0.15) is 5.26 Å². The Bertz CT molecular complexity index is 405. The average Bonchev–Trinajstić information content (AvgIpc) is 2.17. The lowest BCUT2D eigenvalue weighted by Crippen LogP contribution is -2.30. The van der Waals surface area contributed by atoms with Crippen LogP contribution in [-0.2, 0) is 0 Å². The summed E-state index contributed by atoms with van der Waals surface area (Å²) in [5.74, 6) is 0. The van der Waals surface area contributed by atoms with Gasteiger partial charge in [0, 0.05) is 10.0 Å². The van der Waals surface area contributed by atoms with E-state index in [2.05, 4.69) is 48.1 Å². The molecule has 3 heteroatoms. The van der Waals surface area contributed by atoms with Crippen molar-refractivity contribution in [3.63, 3.8) is 0 Å². The lowest BCUT2D eigenvalue weighted by molar-refractivity contribution is 0.511. The van der Waals surface area contributed by atoms with Crippen LogP contribution in [0.3, 0.4) is 0 Å².